The minimum Gasteiger partial charge on any atom is -0.495 e. The van der Waals surface area contributed by atoms with Gasteiger partial charge in [-0.2, -0.15) is 5.26 Å². The van der Waals surface area contributed by atoms with Crippen LogP contribution in [0.25, 0.3) is 11.1 Å². The highest BCUT2D eigenvalue weighted by atomic mass is 19.4. The Morgan fingerprint density at radius 1 is 1.22 bits per heavy atom. The fraction of sp³-hybridized carbons (Fsp3) is 0.125. The Bertz CT molecular complexity index is 779. The first-order valence-corrected chi connectivity index (χ1v) is 6.32. The molecule has 0 aliphatic heterocycles. The van der Waals surface area contributed by atoms with Gasteiger partial charge in [0.1, 0.15) is 17.6 Å². The maximum absolute atomic E-state index is 12.5. The summed E-state index contributed by atoms with van der Waals surface area (Å²) >= 11 is 0. The number of hydrogen-bond acceptors (Lipinski definition) is 4. The van der Waals surface area contributed by atoms with Gasteiger partial charge in [-0.1, -0.05) is 18.2 Å². The van der Waals surface area contributed by atoms with Gasteiger partial charge in [0.2, 0.25) is 0 Å². The summed E-state index contributed by atoms with van der Waals surface area (Å²) in [5.74, 6) is -0.388. The van der Waals surface area contributed by atoms with Crippen LogP contribution in [0.3, 0.4) is 0 Å². The Morgan fingerprint density at radius 3 is 2.52 bits per heavy atom. The van der Waals surface area contributed by atoms with Gasteiger partial charge in [0.15, 0.2) is 6.29 Å². The molecule has 0 spiro atoms. The van der Waals surface area contributed by atoms with Crippen molar-refractivity contribution in [3.63, 3.8) is 0 Å². The number of nitriles is 1. The zero-order chi connectivity index (χ0) is 17.0. The quantitative estimate of drug-likeness (QED) is 0.800. The second kappa shape index (κ2) is 6.40. The van der Waals surface area contributed by atoms with Crippen LogP contribution in [0, 0.1) is 11.3 Å². The number of methoxy groups -OCH3 is 1. The molecule has 2 aromatic rings. The van der Waals surface area contributed by atoms with E-state index < -0.39 is 12.1 Å². The number of rotatable bonds is 4. The summed E-state index contributed by atoms with van der Waals surface area (Å²) in [5.41, 5.74) is 0.738. The van der Waals surface area contributed by atoms with Crippen LogP contribution in [0.5, 0.6) is 11.5 Å². The van der Waals surface area contributed by atoms with E-state index in [-0.39, 0.29) is 16.9 Å². The summed E-state index contributed by atoms with van der Waals surface area (Å²) < 4.78 is 46.4. The molecule has 0 fully saturated rings. The van der Waals surface area contributed by atoms with Crippen molar-refractivity contribution in [1.29, 1.82) is 5.26 Å². The molecule has 0 unspecified atom stereocenters. The highest BCUT2D eigenvalue weighted by Gasteiger charge is 2.32. The number of carbonyl (C=O) groups is 1. The monoisotopic (exact) mass is 321 g/mol. The van der Waals surface area contributed by atoms with Crippen molar-refractivity contribution in [3.8, 4) is 28.7 Å². The van der Waals surface area contributed by atoms with Crippen LogP contribution in [0.15, 0.2) is 36.4 Å². The normalized spacial score (nSPS) is 10.7. The third kappa shape index (κ3) is 3.61. The molecule has 0 heterocycles. The van der Waals surface area contributed by atoms with Gasteiger partial charge in [0.25, 0.3) is 0 Å². The summed E-state index contributed by atoms with van der Waals surface area (Å²) in [4.78, 5) is 11.0. The average Bonchev–Trinajstić information content (AvgIpc) is 2.52. The van der Waals surface area contributed by atoms with Crippen LogP contribution in [-0.4, -0.2) is 19.8 Å². The van der Waals surface area contributed by atoms with E-state index in [0.29, 0.717) is 17.4 Å². The van der Waals surface area contributed by atoms with E-state index in [2.05, 4.69) is 4.74 Å². The number of carbonyl (C=O) groups excluding carboxylic acids is 1. The second-order valence-corrected chi connectivity index (χ2v) is 4.42. The van der Waals surface area contributed by atoms with Crippen LogP contribution in [-0.2, 0) is 0 Å². The molecule has 0 bridgehead atoms. The predicted octanol–water partition coefficient (Wildman–Crippen LogP) is 3.94. The summed E-state index contributed by atoms with van der Waals surface area (Å²) in [7, 11) is 1.35. The minimum absolute atomic E-state index is 0.227. The first-order chi connectivity index (χ1) is 10.9. The molecule has 4 nitrogen and oxygen atoms in total. The number of ether oxygens (including phenoxy) is 2. The maximum atomic E-state index is 12.5. The Balaban J connectivity index is 2.60. The summed E-state index contributed by atoms with van der Waals surface area (Å²) in [6.07, 6.45) is -4.34. The largest absolute Gasteiger partial charge is 0.573 e. The molecule has 0 aromatic heterocycles. The maximum Gasteiger partial charge on any atom is 0.573 e. The lowest BCUT2D eigenvalue weighted by Crippen LogP contribution is -2.17. The van der Waals surface area contributed by atoms with Gasteiger partial charge in [0, 0.05) is 5.56 Å². The molecule has 0 aliphatic carbocycles. The number of benzene rings is 2. The SMILES string of the molecule is COc1c(C=O)cccc1-c1ccc(C#N)c(OC(F)(F)F)c1. The van der Waals surface area contributed by atoms with E-state index in [4.69, 9.17) is 10.00 Å². The predicted molar refractivity (Wildman–Crippen MR) is 75.2 cm³/mol. The molecule has 118 valence electrons. The van der Waals surface area contributed by atoms with Crippen LogP contribution >= 0.6 is 0 Å². The number of halogens is 3. The van der Waals surface area contributed by atoms with Crippen molar-refractivity contribution in [3.05, 3.63) is 47.5 Å². The van der Waals surface area contributed by atoms with Gasteiger partial charge in [-0.15, -0.1) is 13.2 Å². The zero-order valence-corrected chi connectivity index (χ0v) is 11.8. The third-order valence-electron chi connectivity index (χ3n) is 3.02. The molecule has 0 radical (unpaired) electrons. The molecule has 23 heavy (non-hydrogen) atoms. The Hall–Kier alpha value is -3.01. The lowest BCUT2D eigenvalue weighted by atomic mass is 10.00. The van der Waals surface area contributed by atoms with Crippen LogP contribution < -0.4 is 9.47 Å². The van der Waals surface area contributed by atoms with Gasteiger partial charge >= 0.3 is 6.36 Å². The smallest absolute Gasteiger partial charge is 0.495 e. The number of para-hydroxylation sites is 1. The molecule has 2 rings (SSSR count). The van der Waals surface area contributed by atoms with E-state index in [1.165, 1.54) is 25.3 Å². The molecule has 2 aromatic carbocycles. The molecule has 0 N–H and O–H groups in total. The second-order valence-electron chi connectivity index (χ2n) is 4.42. The number of hydrogen-bond donors (Lipinski definition) is 0. The highest BCUT2D eigenvalue weighted by molar-refractivity contribution is 5.86. The highest BCUT2D eigenvalue weighted by Crippen LogP contribution is 2.36. The number of alkyl halides is 3. The van der Waals surface area contributed by atoms with Gasteiger partial charge in [-0.05, 0) is 23.8 Å². The molecule has 0 saturated carbocycles. The molecule has 0 atom stereocenters. The minimum atomic E-state index is -4.92. The fourth-order valence-electron chi connectivity index (χ4n) is 2.09. The third-order valence-corrected chi connectivity index (χ3v) is 3.02. The average molecular weight is 321 g/mol. The standard InChI is InChI=1S/C16H10F3NO3/c1-22-15-12(9-21)3-2-4-13(15)10-5-6-11(8-20)14(7-10)23-16(17,18)19/h2-7,9H,1H3. The van der Waals surface area contributed by atoms with Gasteiger partial charge < -0.3 is 9.47 Å². The van der Waals surface area contributed by atoms with Crippen molar-refractivity contribution in [2.24, 2.45) is 0 Å². The lowest BCUT2D eigenvalue weighted by Gasteiger charge is -2.14. The number of aldehydes is 1. The van der Waals surface area contributed by atoms with Gasteiger partial charge in [0.05, 0.1) is 18.2 Å². The van der Waals surface area contributed by atoms with Crippen LogP contribution in [0.4, 0.5) is 13.2 Å². The summed E-state index contributed by atoms with van der Waals surface area (Å²) in [5, 5.41) is 8.89. The Kier molecular flexibility index (Phi) is 4.55. The molecular formula is C16H10F3NO3. The van der Waals surface area contributed by atoms with E-state index >= 15 is 0 Å². The molecule has 7 heteroatoms. The summed E-state index contributed by atoms with van der Waals surface area (Å²) in [6.45, 7) is 0. The summed E-state index contributed by atoms with van der Waals surface area (Å²) in [6, 6.07) is 10.1. The van der Waals surface area contributed by atoms with E-state index in [1.54, 1.807) is 18.2 Å². The van der Waals surface area contributed by atoms with Gasteiger partial charge in [-0.3, -0.25) is 4.79 Å². The Labute approximate surface area is 129 Å². The lowest BCUT2D eigenvalue weighted by molar-refractivity contribution is -0.274. The molecular weight excluding hydrogens is 311 g/mol. The Morgan fingerprint density at radius 2 is 1.96 bits per heavy atom. The van der Waals surface area contributed by atoms with E-state index in [0.717, 1.165) is 6.07 Å². The van der Waals surface area contributed by atoms with Crippen molar-refractivity contribution in [2.45, 2.75) is 6.36 Å². The van der Waals surface area contributed by atoms with Crippen molar-refractivity contribution < 1.29 is 27.4 Å². The molecule has 0 aliphatic rings. The van der Waals surface area contributed by atoms with Crippen molar-refractivity contribution in [1.82, 2.24) is 0 Å². The first-order valence-electron chi connectivity index (χ1n) is 6.32. The first kappa shape index (κ1) is 16.4. The zero-order valence-electron chi connectivity index (χ0n) is 11.8. The fourth-order valence-corrected chi connectivity index (χ4v) is 2.09. The van der Waals surface area contributed by atoms with E-state index in [1.807, 2.05) is 0 Å². The van der Waals surface area contributed by atoms with Gasteiger partial charge in [-0.25, -0.2) is 0 Å². The van der Waals surface area contributed by atoms with Crippen LogP contribution in [0.1, 0.15) is 15.9 Å². The number of nitrogens with zero attached hydrogens (tertiary/aromatic N) is 1. The molecule has 0 amide bonds. The van der Waals surface area contributed by atoms with Crippen molar-refractivity contribution >= 4 is 6.29 Å². The molecule has 0 saturated heterocycles. The van der Waals surface area contributed by atoms with E-state index in [9.17, 15) is 18.0 Å². The topological polar surface area (TPSA) is 59.3 Å². The van der Waals surface area contributed by atoms with Crippen LogP contribution in [0.2, 0.25) is 0 Å². The van der Waals surface area contributed by atoms with Crippen molar-refractivity contribution in [2.75, 3.05) is 7.11 Å².